The third-order valence-electron chi connectivity index (χ3n) is 3.56. The summed E-state index contributed by atoms with van der Waals surface area (Å²) in [5.41, 5.74) is 1.23. The van der Waals surface area contributed by atoms with Crippen LogP contribution < -0.4 is 0 Å². The van der Waals surface area contributed by atoms with E-state index >= 15 is 0 Å². The second-order valence-electron chi connectivity index (χ2n) is 4.94. The van der Waals surface area contributed by atoms with E-state index in [0.717, 1.165) is 5.69 Å². The minimum atomic E-state index is -0.114. The maximum Gasteiger partial charge on any atom is 0.257 e. The van der Waals surface area contributed by atoms with Gasteiger partial charge in [0.15, 0.2) is 0 Å². The molecule has 1 aliphatic rings. The highest BCUT2D eigenvalue weighted by Crippen LogP contribution is 2.19. The molecule has 2 heterocycles. The topological polar surface area (TPSA) is 60.2 Å². The lowest BCUT2D eigenvalue weighted by Crippen LogP contribution is -2.51. The number of halogens is 1. The van der Waals surface area contributed by atoms with Gasteiger partial charge in [-0.25, -0.2) is 0 Å². The maximum atomic E-state index is 12.4. The Morgan fingerprint density at radius 3 is 2.65 bits per heavy atom. The average molecular weight is 293 g/mol. The minimum absolute atomic E-state index is 0.0910. The summed E-state index contributed by atoms with van der Waals surface area (Å²) >= 11 is 6.10. The highest BCUT2D eigenvalue weighted by atomic mass is 35.5. The van der Waals surface area contributed by atoms with Crippen molar-refractivity contribution in [3.63, 3.8) is 0 Å². The Hall–Kier alpha value is -1.64. The second kappa shape index (κ2) is 6.21. The second-order valence-corrected chi connectivity index (χ2v) is 5.35. The van der Waals surface area contributed by atoms with Crippen LogP contribution in [0.3, 0.4) is 0 Å². The first-order chi connectivity index (χ1) is 9.52. The van der Waals surface area contributed by atoms with Gasteiger partial charge in [0.1, 0.15) is 0 Å². The Morgan fingerprint density at radius 2 is 2.10 bits per heavy atom. The van der Waals surface area contributed by atoms with Gasteiger partial charge >= 0.3 is 0 Å². The van der Waals surface area contributed by atoms with E-state index < -0.39 is 0 Å². The summed E-state index contributed by atoms with van der Waals surface area (Å²) in [6.07, 6.45) is 1.53. The van der Waals surface area contributed by atoms with Crippen molar-refractivity contribution in [1.29, 1.82) is 5.26 Å². The summed E-state index contributed by atoms with van der Waals surface area (Å²) in [4.78, 5) is 20.4. The molecule has 1 atom stereocenters. The van der Waals surface area contributed by atoms with Crippen molar-refractivity contribution in [3.05, 3.63) is 28.5 Å². The molecule has 6 heteroatoms. The minimum Gasteiger partial charge on any atom is -0.336 e. The van der Waals surface area contributed by atoms with Crippen molar-refractivity contribution in [3.8, 4) is 6.07 Å². The summed E-state index contributed by atoms with van der Waals surface area (Å²) < 4.78 is 0. The molecular weight excluding hydrogens is 276 g/mol. The molecule has 1 fully saturated rings. The summed E-state index contributed by atoms with van der Waals surface area (Å²) in [5.74, 6) is -0.0910. The molecule has 1 saturated heterocycles. The Kier molecular flexibility index (Phi) is 4.58. The highest BCUT2D eigenvalue weighted by molar-refractivity contribution is 6.33. The van der Waals surface area contributed by atoms with Crippen molar-refractivity contribution < 1.29 is 4.79 Å². The fourth-order valence-electron chi connectivity index (χ4n) is 2.25. The van der Waals surface area contributed by atoms with E-state index in [-0.39, 0.29) is 11.9 Å². The van der Waals surface area contributed by atoms with Crippen molar-refractivity contribution >= 4 is 17.5 Å². The molecule has 0 bridgehead atoms. The molecule has 1 amide bonds. The largest absolute Gasteiger partial charge is 0.336 e. The molecule has 0 radical (unpaired) electrons. The van der Waals surface area contributed by atoms with Crippen LogP contribution in [0.15, 0.2) is 12.3 Å². The van der Waals surface area contributed by atoms with Crippen molar-refractivity contribution in [1.82, 2.24) is 14.8 Å². The Balaban J connectivity index is 2.04. The van der Waals surface area contributed by atoms with E-state index in [4.69, 9.17) is 16.9 Å². The monoisotopic (exact) mass is 292 g/mol. The van der Waals surface area contributed by atoms with Crippen LogP contribution in [-0.2, 0) is 0 Å². The maximum absolute atomic E-state index is 12.4. The van der Waals surface area contributed by atoms with E-state index in [1.54, 1.807) is 11.0 Å². The molecule has 2 rings (SSSR count). The molecule has 1 unspecified atom stereocenters. The molecule has 1 aromatic heterocycles. The van der Waals surface area contributed by atoms with Crippen LogP contribution in [0.4, 0.5) is 0 Å². The molecule has 0 N–H and O–H groups in total. The van der Waals surface area contributed by atoms with Crippen LogP contribution in [0.25, 0.3) is 0 Å². The number of aryl methyl sites for hydroxylation is 1. The first-order valence-electron chi connectivity index (χ1n) is 6.58. The predicted octanol–water partition coefficient (Wildman–Crippen LogP) is 1.71. The molecule has 106 valence electrons. The molecule has 5 nitrogen and oxygen atoms in total. The first-order valence-corrected chi connectivity index (χ1v) is 6.96. The summed E-state index contributed by atoms with van der Waals surface area (Å²) in [6.45, 7) is 6.33. The zero-order chi connectivity index (χ0) is 14.7. The number of piperazine rings is 1. The molecule has 1 aliphatic heterocycles. The lowest BCUT2D eigenvalue weighted by atomic mass is 10.2. The smallest absolute Gasteiger partial charge is 0.257 e. The summed E-state index contributed by atoms with van der Waals surface area (Å²) in [5, 5.41) is 9.34. The SMILES string of the molecule is Cc1cc(Cl)c(C(=O)N2CCN(C(C)C#N)CC2)cn1. The Morgan fingerprint density at radius 1 is 1.45 bits per heavy atom. The third kappa shape index (κ3) is 3.09. The van der Waals surface area contributed by atoms with Crippen molar-refractivity contribution in [2.75, 3.05) is 26.2 Å². The van der Waals surface area contributed by atoms with Crippen LogP contribution in [0, 0.1) is 18.3 Å². The molecular formula is C14H17ClN4O. The fraction of sp³-hybridized carbons (Fsp3) is 0.500. The van der Waals surface area contributed by atoms with Crippen LogP contribution >= 0.6 is 11.6 Å². The highest BCUT2D eigenvalue weighted by Gasteiger charge is 2.25. The number of nitriles is 1. The van der Waals surface area contributed by atoms with E-state index in [2.05, 4.69) is 16.0 Å². The van der Waals surface area contributed by atoms with Gasteiger partial charge in [0.2, 0.25) is 0 Å². The van der Waals surface area contributed by atoms with E-state index in [1.165, 1.54) is 6.20 Å². The summed E-state index contributed by atoms with van der Waals surface area (Å²) in [7, 11) is 0. The predicted molar refractivity (Wildman–Crippen MR) is 76.5 cm³/mol. The van der Waals surface area contributed by atoms with Gasteiger partial charge in [-0.2, -0.15) is 5.26 Å². The zero-order valence-electron chi connectivity index (χ0n) is 11.6. The van der Waals surface area contributed by atoms with Gasteiger partial charge in [-0.05, 0) is 19.9 Å². The van der Waals surface area contributed by atoms with Crippen molar-refractivity contribution in [2.45, 2.75) is 19.9 Å². The average Bonchev–Trinajstić information content (AvgIpc) is 2.46. The number of carbonyl (C=O) groups excluding carboxylic acids is 1. The van der Waals surface area contributed by atoms with Gasteiger partial charge in [-0.15, -0.1) is 0 Å². The van der Waals surface area contributed by atoms with Gasteiger partial charge in [-0.3, -0.25) is 14.7 Å². The standard InChI is InChI=1S/C14H17ClN4O/c1-10-7-13(15)12(9-17-10)14(20)19-5-3-18(4-6-19)11(2)8-16/h7,9,11H,3-6H2,1-2H3. The normalized spacial score (nSPS) is 17.6. The quantitative estimate of drug-likeness (QED) is 0.833. The lowest BCUT2D eigenvalue weighted by Gasteiger charge is -2.35. The van der Waals surface area contributed by atoms with Gasteiger partial charge in [0.25, 0.3) is 5.91 Å². The van der Waals surface area contributed by atoms with Gasteiger partial charge in [-0.1, -0.05) is 11.6 Å². The van der Waals surface area contributed by atoms with Crippen LogP contribution in [-0.4, -0.2) is 52.9 Å². The third-order valence-corrected chi connectivity index (χ3v) is 3.87. The van der Waals surface area contributed by atoms with Gasteiger partial charge in [0, 0.05) is 38.1 Å². The number of hydrogen-bond donors (Lipinski definition) is 0. The van der Waals surface area contributed by atoms with Crippen LogP contribution in [0.5, 0.6) is 0 Å². The zero-order valence-corrected chi connectivity index (χ0v) is 12.4. The number of aromatic nitrogens is 1. The number of amides is 1. The molecule has 0 spiro atoms. The number of rotatable bonds is 2. The van der Waals surface area contributed by atoms with Crippen LogP contribution in [0.2, 0.25) is 5.02 Å². The van der Waals surface area contributed by atoms with Crippen LogP contribution in [0.1, 0.15) is 23.0 Å². The van der Waals surface area contributed by atoms with E-state index in [1.807, 2.05) is 13.8 Å². The van der Waals surface area contributed by atoms with E-state index in [9.17, 15) is 4.79 Å². The molecule has 1 aromatic rings. The molecule has 0 aromatic carbocycles. The lowest BCUT2D eigenvalue weighted by molar-refractivity contribution is 0.0615. The number of hydrogen-bond acceptors (Lipinski definition) is 4. The number of nitrogens with zero attached hydrogens (tertiary/aromatic N) is 4. The summed E-state index contributed by atoms with van der Waals surface area (Å²) in [6, 6.07) is 3.80. The number of pyridine rings is 1. The van der Waals surface area contributed by atoms with Gasteiger partial charge in [0.05, 0.1) is 22.7 Å². The Bertz CT molecular complexity index is 547. The molecule has 0 aliphatic carbocycles. The van der Waals surface area contributed by atoms with E-state index in [0.29, 0.717) is 36.8 Å². The Labute approximate surface area is 123 Å². The van der Waals surface area contributed by atoms with Crippen molar-refractivity contribution in [2.24, 2.45) is 0 Å². The molecule has 20 heavy (non-hydrogen) atoms. The molecule has 0 saturated carbocycles. The fourth-order valence-corrected chi connectivity index (χ4v) is 2.54. The number of carbonyl (C=O) groups is 1. The van der Waals surface area contributed by atoms with Gasteiger partial charge < -0.3 is 4.90 Å². The first kappa shape index (κ1) is 14.8.